The van der Waals surface area contributed by atoms with Gasteiger partial charge in [-0.1, -0.05) is 39.0 Å². The van der Waals surface area contributed by atoms with Gasteiger partial charge in [-0.3, -0.25) is 9.59 Å². The molecule has 2 saturated carbocycles. The predicted molar refractivity (Wildman–Crippen MR) is 152 cm³/mol. The van der Waals surface area contributed by atoms with Gasteiger partial charge in [-0.25, -0.2) is 4.79 Å². The molecular weight excluding hydrogens is 526 g/mol. The number of Topliss-reactive ketones (excluding diaryl/α,β-unsaturated/α-hetero) is 1. The van der Waals surface area contributed by atoms with Gasteiger partial charge < -0.3 is 29.3 Å². The minimum atomic E-state index is -2.29. The maximum Gasteiger partial charge on any atom is 0.338 e. The molecule has 9 nitrogen and oxygen atoms in total. The number of carbonyl (C=O) groups excluding carboxylic acids is 3. The number of esters is 2. The van der Waals surface area contributed by atoms with Crippen LogP contribution in [0.2, 0.25) is 0 Å². The van der Waals surface area contributed by atoms with Crippen molar-refractivity contribution >= 4 is 17.7 Å². The molecule has 3 aliphatic rings. The second-order valence-corrected chi connectivity index (χ2v) is 13.7. The number of ether oxygens (including phenoxy) is 3. The lowest BCUT2D eigenvalue weighted by atomic mass is 9.39. The van der Waals surface area contributed by atoms with E-state index in [2.05, 4.69) is 6.58 Å². The van der Waals surface area contributed by atoms with Crippen molar-refractivity contribution in [3.63, 3.8) is 0 Å². The third kappa shape index (κ3) is 4.75. The Balaban J connectivity index is 1.84. The molecule has 3 fully saturated rings. The monoisotopic (exact) mass is 571 g/mol. The Bertz CT molecular complexity index is 1230. The molecule has 0 spiro atoms. The third-order valence-electron chi connectivity index (χ3n) is 9.92. The lowest BCUT2D eigenvalue weighted by Gasteiger charge is -2.71. The Labute approximate surface area is 242 Å². The minimum Gasteiger partial charge on any atom is -0.458 e. The Morgan fingerprint density at radius 3 is 2.27 bits per heavy atom. The van der Waals surface area contributed by atoms with Crippen LogP contribution in [0.25, 0.3) is 0 Å². The number of aliphatic hydroxyl groups excluding tert-OH is 1. The molecule has 2 N–H and O–H groups in total. The minimum absolute atomic E-state index is 0.192. The van der Waals surface area contributed by atoms with Crippen molar-refractivity contribution in [2.45, 2.75) is 102 Å². The van der Waals surface area contributed by atoms with Crippen molar-refractivity contribution in [3.05, 3.63) is 48.0 Å². The van der Waals surface area contributed by atoms with Crippen LogP contribution in [0.1, 0.15) is 76.7 Å². The van der Waals surface area contributed by atoms with E-state index in [4.69, 9.17) is 14.2 Å². The lowest BCUT2D eigenvalue weighted by molar-refractivity contribution is -0.370. The second kappa shape index (κ2) is 10.3. The van der Waals surface area contributed by atoms with Crippen LogP contribution < -0.4 is 0 Å². The fourth-order valence-electron chi connectivity index (χ4n) is 8.13. The number of benzene rings is 1. The summed E-state index contributed by atoms with van der Waals surface area (Å²) in [5.41, 5.74) is -6.11. The highest BCUT2D eigenvalue weighted by atomic mass is 16.6. The van der Waals surface area contributed by atoms with E-state index in [1.54, 1.807) is 26.0 Å². The van der Waals surface area contributed by atoms with Gasteiger partial charge in [0, 0.05) is 31.2 Å². The zero-order valence-corrected chi connectivity index (χ0v) is 25.5. The molecule has 2 aliphatic carbocycles. The van der Waals surface area contributed by atoms with Crippen molar-refractivity contribution in [3.8, 4) is 0 Å². The average molecular weight is 572 g/mol. The topological polar surface area (TPSA) is 123 Å². The van der Waals surface area contributed by atoms with Crippen LogP contribution in [0.4, 0.5) is 0 Å². The maximum absolute atomic E-state index is 14.2. The first-order valence-electron chi connectivity index (χ1n) is 14.3. The van der Waals surface area contributed by atoms with E-state index in [1.807, 2.05) is 45.0 Å². The number of rotatable bonds is 6. The summed E-state index contributed by atoms with van der Waals surface area (Å²) in [7, 11) is 3.92. The Hall–Kier alpha value is -2.59. The van der Waals surface area contributed by atoms with E-state index in [0.29, 0.717) is 24.9 Å². The normalized spacial score (nSPS) is 39.8. The van der Waals surface area contributed by atoms with Gasteiger partial charge in [0.15, 0.2) is 17.5 Å². The molecule has 0 radical (unpaired) electrons. The standard InChI is InChI=1S/C32H45NO8/c1-10-29(5)17-22(35)32(38)30(6)23(40-27(37)21-13-11-20(12-14-21)18-33(8)9)15-16-28(3,4)25(30)24(36)26(39-19(2)34)31(32,7)41-29/h10-14,23-26,36,38H,1,15-18H2,2-9H3/t23-,24-,25-,26-,29-,30-,31+,32-/m0/s1. The van der Waals surface area contributed by atoms with Gasteiger partial charge in [-0.15, -0.1) is 6.58 Å². The number of hydrogen-bond donors (Lipinski definition) is 2. The molecule has 41 heavy (non-hydrogen) atoms. The zero-order chi connectivity index (χ0) is 30.8. The first-order valence-corrected chi connectivity index (χ1v) is 14.3. The summed E-state index contributed by atoms with van der Waals surface area (Å²) in [5.74, 6) is -2.62. The SMILES string of the molecule is C=C[C@@]1(C)CC(=O)[C@]2(O)[C@@]3(C)[C@@H](OC(=O)c4ccc(CN(C)C)cc4)CCC(C)(C)[C@@H]3[C@H](O)[C@H](OC(C)=O)[C@@]2(C)O1. The molecule has 4 rings (SSSR count). The molecule has 0 aromatic heterocycles. The van der Waals surface area contributed by atoms with Gasteiger partial charge >= 0.3 is 11.9 Å². The Morgan fingerprint density at radius 2 is 1.73 bits per heavy atom. The van der Waals surface area contributed by atoms with Gasteiger partial charge in [-0.2, -0.15) is 0 Å². The van der Waals surface area contributed by atoms with E-state index < -0.39 is 69.6 Å². The molecule has 0 unspecified atom stereocenters. The smallest absolute Gasteiger partial charge is 0.338 e. The van der Waals surface area contributed by atoms with Gasteiger partial charge in [-0.05, 0) is 63.9 Å². The first-order chi connectivity index (χ1) is 18.9. The summed E-state index contributed by atoms with van der Waals surface area (Å²) in [6, 6.07) is 7.11. The van der Waals surface area contributed by atoms with E-state index in [1.165, 1.54) is 19.9 Å². The van der Waals surface area contributed by atoms with Gasteiger partial charge in [0.25, 0.3) is 0 Å². The number of carbonyl (C=O) groups is 3. The second-order valence-electron chi connectivity index (χ2n) is 13.7. The van der Waals surface area contributed by atoms with Gasteiger partial charge in [0.1, 0.15) is 11.7 Å². The fourth-order valence-corrected chi connectivity index (χ4v) is 8.13. The highest BCUT2D eigenvalue weighted by molar-refractivity contribution is 5.93. The number of aliphatic hydroxyl groups is 2. The van der Waals surface area contributed by atoms with Crippen LogP contribution in [-0.2, 0) is 30.3 Å². The van der Waals surface area contributed by atoms with Crippen LogP contribution in [0.5, 0.6) is 0 Å². The molecule has 1 aromatic carbocycles. The van der Waals surface area contributed by atoms with Crippen molar-refractivity contribution in [2.24, 2.45) is 16.7 Å². The summed E-state index contributed by atoms with van der Waals surface area (Å²) < 4.78 is 18.3. The molecule has 1 aliphatic heterocycles. The van der Waals surface area contributed by atoms with Crippen LogP contribution in [-0.4, -0.2) is 82.0 Å². The van der Waals surface area contributed by atoms with Crippen LogP contribution in [0.3, 0.4) is 0 Å². The van der Waals surface area contributed by atoms with Crippen LogP contribution in [0.15, 0.2) is 36.9 Å². The van der Waals surface area contributed by atoms with Crippen molar-refractivity contribution < 1.29 is 38.8 Å². The predicted octanol–water partition coefficient (Wildman–Crippen LogP) is 3.45. The zero-order valence-electron chi connectivity index (χ0n) is 25.5. The number of ketones is 1. The summed E-state index contributed by atoms with van der Waals surface area (Å²) in [6.07, 6.45) is -1.50. The lowest BCUT2D eigenvalue weighted by Crippen LogP contribution is -2.87. The Morgan fingerprint density at radius 1 is 1.12 bits per heavy atom. The molecule has 226 valence electrons. The maximum atomic E-state index is 14.2. The molecule has 8 atom stereocenters. The molecule has 0 amide bonds. The van der Waals surface area contributed by atoms with Gasteiger partial charge in [0.05, 0.1) is 17.3 Å². The number of hydrogen-bond acceptors (Lipinski definition) is 9. The highest BCUT2D eigenvalue weighted by Gasteiger charge is 2.82. The molecule has 9 heteroatoms. The fraction of sp³-hybridized carbons (Fsp3) is 0.656. The summed E-state index contributed by atoms with van der Waals surface area (Å²) >= 11 is 0. The quantitative estimate of drug-likeness (QED) is 0.390. The molecule has 1 heterocycles. The van der Waals surface area contributed by atoms with Crippen LogP contribution in [0, 0.1) is 16.7 Å². The summed E-state index contributed by atoms with van der Waals surface area (Å²) in [4.78, 5) is 42.1. The largest absolute Gasteiger partial charge is 0.458 e. The summed E-state index contributed by atoms with van der Waals surface area (Å²) in [6.45, 7) is 14.5. The van der Waals surface area contributed by atoms with Crippen molar-refractivity contribution in [1.29, 1.82) is 0 Å². The third-order valence-corrected chi connectivity index (χ3v) is 9.92. The van der Waals surface area contributed by atoms with E-state index in [9.17, 15) is 24.6 Å². The van der Waals surface area contributed by atoms with E-state index in [-0.39, 0.29) is 6.42 Å². The molecule has 0 bridgehead atoms. The van der Waals surface area contributed by atoms with E-state index in [0.717, 1.165) is 5.56 Å². The molecular formula is C32H45NO8. The van der Waals surface area contributed by atoms with E-state index >= 15 is 0 Å². The van der Waals surface area contributed by atoms with Crippen molar-refractivity contribution in [2.75, 3.05) is 14.1 Å². The van der Waals surface area contributed by atoms with Gasteiger partial charge in [0.2, 0.25) is 0 Å². The summed E-state index contributed by atoms with van der Waals surface area (Å²) in [5, 5.41) is 24.8. The average Bonchev–Trinajstić information content (AvgIpc) is 2.86. The Kier molecular flexibility index (Phi) is 7.87. The van der Waals surface area contributed by atoms with Crippen LogP contribution >= 0.6 is 0 Å². The van der Waals surface area contributed by atoms with Crippen molar-refractivity contribution in [1.82, 2.24) is 4.90 Å². The highest BCUT2D eigenvalue weighted by Crippen LogP contribution is 2.67. The molecule has 1 saturated heterocycles. The number of nitrogens with zero attached hydrogens (tertiary/aromatic N) is 1. The first kappa shape index (κ1) is 31.3. The molecule has 1 aromatic rings. The number of fused-ring (bicyclic) bond motifs is 3.